The molecule has 1 saturated carbocycles. The summed E-state index contributed by atoms with van der Waals surface area (Å²) >= 11 is 0. The first kappa shape index (κ1) is 14.8. The number of amides is 1. The van der Waals surface area contributed by atoms with Gasteiger partial charge in [-0.15, -0.1) is 0 Å². The average molecular weight is 256 g/mol. The SMILES string of the molecule is CCC(C/C(N)=N/O)NC1CCC(C(N)=O)CC1. The van der Waals surface area contributed by atoms with Crippen LogP contribution in [0.4, 0.5) is 0 Å². The molecule has 0 radical (unpaired) electrons. The zero-order chi connectivity index (χ0) is 13.5. The van der Waals surface area contributed by atoms with Crippen LogP contribution in [-0.2, 0) is 4.79 Å². The van der Waals surface area contributed by atoms with Crippen molar-refractivity contribution in [3.8, 4) is 0 Å². The van der Waals surface area contributed by atoms with Crippen molar-refractivity contribution in [2.75, 3.05) is 0 Å². The number of oxime groups is 1. The van der Waals surface area contributed by atoms with Gasteiger partial charge in [-0.2, -0.15) is 0 Å². The lowest BCUT2D eigenvalue weighted by Crippen LogP contribution is -2.43. The second-order valence-corrected chi connectivity index (χ2v) is 5.02. The molecule has 0 aliphatic heterocycles. The maximum absolute atomic E-state index is 11.1. The normalized spacial score (nSPS) is 26.8. The number of carbonyl (C=O) groups excluding carboxylic acids is 1. The van der Waals surface area contributed by atoms with Crippen LogP contribution in [0.5, 0.6) is 0 Å². The third kappa shape index (κ3) is 4.52. The molecule has 18 heavy (non-hydrogen) atoms. The fourth-order valence-corrected chi connectivity index (χ4v) is 2.49. The van der Waals surface area contributed by atoms with Crippen LogP contribution in [0.1, 0.15) is 45.4 Å². The highest BCUT2D eigenvalue weighted by molar-refractivity contribution is 5.80. The summed E-state index contributed by atoms with van der Waals surface area (Å²) in [5, 5.41) is 15.1. The third-order valence-electron chi connectivity index (χ3n) is 3.68. The van der Waals surface area contributed by atoms with Gasteiger partial charge < -0.3 is 22.0 Å². The molecule has 0 aromatic heterocycles. The minimum absolute atomic E-state index is 0.0344. The van der Waals surface area contributed by atoms with Crippen molar-refractivity contribution in [3.63, 3.8) is 0 Å². The molecule has 1 rings (SSSR count). The van der Waals surface area contributed by atoms with Crippen LogP contribution >= 0.6 is 0 Å². The fourth-order valence-electron chi connectivity index (χ4n) is 2.49. The second kappa shape index (κ2) is 7.20. The van der Waals surface area contributed by atoms with E-state index in [-0.39, 0.29) is 23.7 Å². The molecule has 1 unspecified atom stereocenters. The smallest absolute Gasteiger partial charge is 0.220 e. The number of nitrogens with two attached hydrogens (primary N) is 2. The van der Waals surface area contributed by atoms with Crippen molar-refractivity contribution >= 4 is 11.7 Å². The molecule has 6 nitrogen and oxygen atoms in total. The average Bonchev–Trinajstić information content (AvgIpc) is 2.38. The zero-order valence-electron chi connectivity index (χ0n) is 10.9. The van der Waals surface area contributed by atoms with Crippen molar-refractivity contribution < 1.29 is 10.0 Å². The van der Waals surface area contributed by atoms with Crippen LogP contribution < -0.4 is 16.8 Å². The maximum atomic E-state index is 11.1. The Balaban J connectivity index is 2.36. The van der Waals surface area contributed by atoms with Crippen LogP contribution in [0.15, 0.2) is 5.16 Å². The van der Waals surface area contributed by atoms with Gasteiger partial charge in [-0.3, -0.25) is 4.79 Å². The van der Waals surface area contributed by atoms with Gasteiger partial charge in [0.05, 0.1) is 0 Å². The monoisotopic (exact) mass is 256 g/mol. The summed E-state index contributed by atoms with van der Waals surface area (Å²) in [5.41, 5.74) is 10.8. The number of nitrogens with one attached hydrogen (secondary N) is 1. The van der Waals surface area contributed by atoms with Gasteiger partial charge in [0.2, 0.25) is 5.91 Å². The standard InChI is InChI=1S/C12H24N4O2/c1-2-9(7-11(13)16-18)15-10-5-3-8(4-6-10)12(14)17/h8-10,15,18H,2-7H2,1H3,(H2,13,16)(H2,14,17). The summed E-state index contributed by atoms with van der Waals surface area (Å²) in [6.45, 7) is 2.07. The summed E-state index contributed by atoms with van der Waals surface area (Å²) in [6, 6.07) is 0.619. The highest BCUT2D eigenvalue weighted by atomic mass is 16.4. The molecule has 0 spiro atoms. The molecule has 104 valence electrons. The predicted octanol–water partition coefficient (Wildman–Crippen LogP) is 0.535. The third-order valence-corrected chi connectivity index (χ3v) is 3.68. The van der Waals surface area contributed by atoms with Crippen molar-refractivity contribution in [1.29, 1.82) is 0 Å². The minimum Gasteiger partial charge on any atom is -0.409 e. The van der Waals surface area contributed by atoms with Crippen molar-refractivity contribution in [2.45, 2.75) is 57.5 Å². The Hall–Kier alpha value is -1.30. The number of rotatable bonds is 6. The van der Waals surface area contributed by atoms with Crippen LogP contribution in [-0.4, -0.2) is 29.0 Å². The zero-order valence-corrected chi connectivity index (χ0v) is 10.9. The second-order valence-electron chi connectivity index (χ2n) is 5.02. The van der Waals surface area contributed by atoms with Crippen molar-refractivity contribution in [2.24, 2.45) is 22.5 Å². The van der Waals surface area contributed by atoms with E-state index in [1.54, 1.807) is 0 Å². The van der Waals surface area contributed by atoms with E-state index in [0.717, 1.165) is 32.1 Å². The van der Waals surface area contributed by atoms with Gasteiger partial charge in [0, 0.05) is 24.4 Å². The quantitative estimate of drug-likeness (QED) is 0.240. The predicted molar refractivity (Wildman–Crippen MR) is 70.2 cm³/mol. The largest absolute Gasteiger partial charge is 0.409 e. The van der Waals surface area contributed by atoms with E-state index in [1.165, 1.54) is 0 Å². The first-order valence-corrected chi connectivity index (χ1v) is 6.58. The van der Waals surface area contributed by atoms with Crippen molar-refractivity contribution in [1.82, 2.24) is 5.32 Å². The molecule has 1 aliphatic rings. The molecule has 1 aliphatic carbocycles. The summed E-state index contributed by atoms with van der Waals surface area (Å²) < 4.78 is 0. The summed E-state index contributed by atoms with van der Waals surface area (Å²) in [7, 11) is 0. The van der Waals surface area contributed by atoms with E-state index in [1.807, 2.05) is 0 Å². The Morgan fingerprint density at radius 1 is 1.39 bits per heavy atom. The number of nitrogens with zero attached hydrogens (tertiary/aromatic N) is 1. The molecular weight excluding hydrogens is 232 g/mol. The maximum Gasteiger partial charge on any atom is 0.220 e. The molecule has 0 bridgehead atoms. The lowest BCUT2D eigenvalue weighted by Gasteiger charge is -2.30. The van der Waals surface area contributed by atoms with Crippen LogP contribution in [0.2, 0.25) is 0 Å². The van der Waals surface area contributed by atoms with E-state index in [9.17, 15) is 4.79 Å². The molecule has 0 saturated heterocycles. The van der Waals surface area contributed by atoms with Gasteiger partial charge in [-0.1, -0.05) is 12.1 Å². The van der Waals surface area contributed by atoms with E-state index < -0.39 is 0 Å². The number of hydrogen-bond acceptors (Lipinski definition) is 4. The Bertz CT molecular complexity index is 298. The Kier molecular flexibility index (Phi) is 5.91. The molecule has 6 N–H and O–H groups in total. The Labute approximate surface area is 108 Å². The van der Waals surface area contributed by atoms with Gasteiger partial charge in [0.15, 0.2) is 0 Å². The number of amidine groups is 1. The van der Waals surface area contributed by atoms with Gasteiger partial charge in [-0.05, 0) is 32.1 Å². The molecule has 1 amide bonds. The first-order chi connectivity index (χ1) is 8.56. The van der Waals surface area contributed by atoms with E-state index in [0.29, 0.717) is 12.5 Å². The molecule has 1 atom stereocenters. The highest BCUT2D eigenvalue weighted by Crippen LogP contribution is 2.24. The van der Waals surface area contributed by atoms with Gasteiger partial charge in [-0.25, -0.2) is 0 Å². The number of carbonyl (C=O) groups is 1. The number of hydrogen-bond donors (Lipinski definition) is 4. The Morgan fingerprint density at radius 2 is 2.00 bits per heavy atom. The van der Waals surface area contributed by atoms with Crippen LogP contribution in [0.25, 0.3) is 0 Å². The summed E-state index contributed by atoms with van der Waals surface area (Å²) in [5.74, 6) is 0.101. The molecule has 6 heteroatoms. The molecule has 0 aromatic rings. The number of primary amides is 1. The van der Waals surface area contributed by atoms with E-state index in [2.05, 4.69) is 17.4 Å². The lowest BCUT2D eigenvalue weighted by molar-refractivity contribution is -0.122. The van der Waals surface area contributed by atoms with Crippen molar-refractivity contribution in [3.05, 3.63) is 0 Å². The van der Waals surface area contributed by atoms with Crippen LogP contribution in [0, 0.1) is 5.92 Å². The Morgan fingerprint density at radius 3 is 2.44 bits per heavy atom. The highest BCUT2D eigenvalue weighted by Gasteiger charge is 2.25. The summed E-state index contributed by atoms with van der Waals surface area (Å²) in [4.78, 5) is 11.1. The van der Waals surface area contributed by atoms with Crippen LogP contribution in [0.3, 0.4) is 0 Å². The molecule has 0 heterocycles. The minimum atomic E-state index is -0.183. The molecule has 1 fully saturated rings. The van der Waals surface area contributed by atoms with E-state index in [4.69, 9.17) is 16.7 Å². The van der Waals surface area contributed by atoms with E-state index >= 15 is 0 Å². The van der Waals surface area contributed by atoms with Gasteiger partial charge in [0.25, 0.3) is 0 Å². The molecule has 0 aromatic carbocycles. The fraction of sp³-hybridized carbons (Fsp3) is 0.833. The topological polar surface area (TPSA) is 114 Å². The first-order valence-electron chi connectivity index (χ1n) is 6.58. The summed E-state index contributed by atoms with van der Waals surface area (Å²) in [6.07, 6.45) is 5.09. The lowest BCUT2D eigenvalue weighted by atomic mass is 9.85. The van der Waals surface area contributed by atoms with Gasteiger partial charge >= 0.3 is 0 Å². The van der Waals surface area contributed by atoms with Gasteiger partial charge in [0.1, 0.15) is 5.84 Å². The molecular formula is C12H24N4O2.